The van der Waals surface area contributed by atoms with Gasteiger partial charge in [-0.05, 0) is 129 Å². The second kappa shape index (κ2) is 20.5. The summed E-state index contributed by atoms with van der Waals surface area (Å²) in [6.07, 6.45) is 35.6. The van der Waals surface area contributed by atoms with Crippen LogP contribution < -0.4 is 0 Å². The topological polar surface area (TPSA) is 69.4 Å². The van der Waals surface area contributed by atoms with Gasteiger partial charge in [-0.15, -0.1) is 0 Å². The van der Waals surface area contributed by atoms with Gasteiger partial charge in [0.25, 0.3) is 0 Å². The highest BCUT2D eigenvalue weighted by Gasteiger charge is 2.59. The van der Waals surface area contributed by atoms with Crippen molar-refractivity contribution in [2.45, 2.75) is 202 Å². The van der Waals surface area contributed by atoms with Crippen LogP contribution in [0.5, 0.6) is 0 Å². The number of esters is 1. The Kier molecular flexibility index (Phi) is 16.8. The molecular weight excluding hydrogens is 631 g/mol. The minimum atomic E-state index is -0.225. The lowest BCUT2D eigenvalue weighted by Gasteiger charge is -2.58. The number of ether oxygens (including phenoxy) is 1. The summed E-state index contributed by atoms with van der Waals surface area (Å²) >= 11 is 0. The van der Waals surface area contributed by atoms with Gasteiger partial charge in [0.15, 0.2) is 0 Å². The predicted molar refractivity (Wildman–Crippen MR) is 213 cm³/mol. The largest absolute Gasteiger partial charge is 0.462 e. The third-order valence-corrected chi connectivity index (χ3v) is 14.5. The fourth-order valence-electron chi connectivity index (χ4n) is 11.5. The van der Waals surface area contributed by atoms with Crippen molar-refractivity contribution < 1.29 is 14.5 Å². The van der Waals surface area contributed by atoms with E-state index in [2.05, 4.69) is 59.8 Å². The molecule has 0 amide bonds. The minimum Gasteiger partial charge on any atom is -0.462 e. The Balaban J connectivity index is 1.12. The second-order valence-corrected chi connectivity index (χ2v) is 18.4. The van der Waals surface area contributed by atoms with E-state index >= 15 is 0 Å². The SMILES string of the molecule is CCCCC/C(=C/C/C=C/CCCCCCCC(=O)OC1CCC2(C)C(=CCC3C4CC[C@H](C(C)CCCCC(C)C)C4(C)CC[C@@H]32)C1)[N+](=O)[O-]. The summed E-state index contributed by atoms with van der Waals surface area (Å²) < 4.78 is 6.11. The first-order chi connectivity index (χ1) is 24.5. The quantitative estimate of drug-likeness (QED) is 0.0369. The first-order valence-electron chi connectivity index (χ1n) is 21.9. The maximum atomic E-state index is 12.8. The molecule has 0 radical (unpaired) electrons. The zero-order valence-corrected chi connectivity index (χ0v) is 33.9. The van der Waals surface area contributed by atoms with Crippen molar-refractivity contribution in [3.05, 3.63) is 45.7 Å². The number of nitrogens with zero attached hydrogens (tertiary/aromatic N) is 1. The van der Waals surface area contributed by atoms with E-state index in [1.54, 1.807) is 11.6 Å². The number of hydrogen-bond donors (Lipinski definition) is 0. The fourth-order valence-corrected chi connectivity index (χ4v) is 11.5. The summed E-state index contributed by atoms with van der Waals surface area (Å²) in [5.41, 5.74) is 2.79. The van der Waals surface area contributed by atoms with E-state index in [4.69, 9.17) is 4.74 Å². The molecule has 4 aliphatic carbocycles. The zero-order chi connectivity index (χ0) is 36.9. The number of nitro groups is 1. The second-order valence-electron chi connectivity index (χ2n) is 18.4. The molecule has 0 spiro atoms. The number of allylic oxidation sites excluding steroid dienone is 5. The number of rotatable bonds is 22. The lowest BCUT2D eigenvalue weighted by atomic mass is 9.47. The highest BCUT2D eigenvalue weighted by atomic mass is 16.6. The number of unbranched alkanes of at least 4 members (excludes halogenated alkanes) is 8. The van der Waals surface area contributed by atoms with Gasteiger partial charge in [0.05, 0.1) is 4.92 Å². The van der Waals surface area contributed by atoms with Crippen LogP contribution in [0.2, 0.25) is 0 Å². The van der Waals surface area contributed by atoms with Crippen molar-refractivity contribution in [3.8, 4) is 0 Å². The lowest BCUT2D eigenvalue weighted by Crippen LogP contribution is -2.51. The van der Waals surface area contributed by atoms with E-state index in [0.29, 0.717) is 35.8 Å². The van der Waals surface area contributed by atoms with Gasteiger partial charge in [-0.1, -0.05) is 123 Å². The van der Waals surface area contributed by atoms with Gasteiger partial charge in [-0.3, -0.25) is 14.9 Å². The van der Waals surface area contributed by atoms with Gasteiger partial charge >= 0.3 is 5.97 Å². The molecule has 5 nitrogen and oxygen atoms in total. The van der Waals surface area contributed by atoms with Gasteiger partial charge in [-0.2, -0.15) is 0 Å². The van der Waals surface area contributed by atoms with Crippen LogP contribution in [-0.4, -0.2) is 17.0 Å². The summed E-state index contributed by atoms with van der Waals surface area (Å²) in [5.74, 6) is 5.14. The van der Waals surface area contributed by atoms with Crippen molar-refractivity contribution in [1.82, 2.24) is 0 Å². The van der Waals surface area contributed by atoms with Crippen LogP contribution in [-0.2, 0) is 9.53 Å². The molecular formula is C46H77NO4. The monoisotopic (exact) mass is 708 g/mol. The molecule has 4 aliphatic rings. The number of hydrogen-bond acceptors (Lipinski definition) is 4. The number of carbonyl (C=O) groups is 1. The van der Waals surface area contributed by atoms with Crippen LogP contribution in [0.15, 0.2) is 35.6 Å². The molecule has 0 heterocycles. The van der Waals surface area contributed by atoms with Crippen molar-refractivity contribution in [1.29, 1.82) is 0 Å². The molecule has 0 saturated heterocycles. The molecule has 0 aromatic carbocycles. The molecule has 0 aromatic heterocycles. The Bertz CT molecular complexity index is 1190. The van der Waals surface area contributed by atoms with Crippen molar-refractivity contribution in [2.75, 3.05) is 0 Å². The van der Waals surface area contributed by atoms with Crippen molar-refractivity contribution in [2.24, 2.45) is 46.3 Å². The molecule has 290 valence electrons. The summed E-state index contributed by atoms with van der Waals surface area (Å²) in [5, 5.41) is 11.2. The summed E-state index contributed by atoms with van der Waals surface area (Å²) in [7, 11) is 0. The van der Waals surface area contributed by atoms with Crippen LogP contribution in [0.3, 0.4) is 0 Å². The summed E-state index contributed by atoms with van der Waals surface area (Å²) in [4.78, 5) is 23.8. The van der Waals surface area contributed by atoms with Crippen LogP contribution in [0.25, 0.3) is 0 Å². The highest BCUT2D eigenvalue weighted by molar-refractivity contribution is 5.69. The summed E-state index contributed by atoms with van der Waals surface area (Å²) in [6.45, 7) is 14.7. The van der Waals surface area contributed by atoms with E-state index in [1.165, 1.54) is 64.2 Å². The van der Waals surface area contributed by atoms with E-state index in [-0.39, 0.29) is 17.0 Å². The van der Waals surface area contributed by atoms with Gasteiger partial charge in [-0.25, -0.2) is 0 Å². The Morgan fingerprint density at radius 1 is 0.902 bits per heavy atom. The number of carbonyl (C=O) groups excluding carboxylic acids is 1. The third-order valence-electron chi connectivity index (χ3n) is 14.5. The van der Waals surface area contributed by atoms with Gasteiger partial charge in [0.1, 0.15) is 6.10 Å². The van der Waals surface area contributed by atoms with Gasteiger partial charge < -0.3 is 4.74 Å². The lowest BCUT2D eigenvalue weighted by molar-refractivity contribution is -0.428. The standard InChI is InChI=1S/C46H77NO4/c1-7-8-16-23-38(47(49)50)24-17-14-12-10-9-11-13-15-18-25-44(48)51-39-30-32-45(5)37(34-39)26-27-40-42-29-28-41(46(42,6)33-31-43(40)45)36(4)22-20-19-21-35(2)3/h12,14,24,26,35-36,39-43H,7-11,13,15-23,25,27-34H2,1-6H3/b14-12+,38-24-/t36?,39?,40?,41-,42?,43+,45?,46?/m1/s1. The van der Waals surface area contributed by atoms with E-state index < -0.39 is 0 Å². The molecule has 51 heavy (non-hydrogen) atoms. The predicted octanol–water partition coefficient (Wildman–Crippen LogP) is 13.7. The average Bonchev–Trinajstić information content (AvgIpc) is 3.45. The fraction of sp³-hybridized carbons (Fsp3) is 0.848. The average molecular weight is 708 g/mol. The van der Waals surface area contributed by atoms with Crippen molar-refractivity contribution in [3.63, 3.8) is 0 Å². The van der Waals surface area contributed by atoms with E-state index in [0.717, 1.165) is 106 Å². The van der Waals surface area contributed by atoms with Crippen LogP contribution in [0, 0.1) is 56.5 Å². The molecule has 3 fully saturated rings. The highest BCUT2D eigenvalue weighted by Crippen LogP contribution is 2.67. The minimum absolute atomic E-state index is 0.00132. The summed E-state index contributed by atoms with van der Waals surface area (Å²) in [6, 6.07) is 0. The third kappa shape index (κ3) is 11.5. The Morgan fingerprint density at radius 2 is 1.65 bits per heavy atom. The first-order valence-corrected chi connectivity index (χ1v) is 21.9. The van der Waals surface area contributed by atoms with E-state index in [9.17, 15) is 14.9 Å². The van der Waals surface area contributed by atoms with Gasteiger partial charge in [0.2, 0.25) is 5.70 Å². The zero-order valence-electron chi connectivity index (χ0n) is 33.9. The van der Waals surface area contributed by atoms with E-state index in [1.807, 2.05) is 0 Å². The normalized spacial score (nSPS) is 31.2. The van der Waals surface area contributed by atoms with Crippen molar-refractivity contribution >= 4 is 5.97 Å². The molecule has 6 unspecified atom stereocenters. The molecule has 0 bridgehead atoms. The molecule has 5 heteroatoms. The molecule has 0 N–H and O–H groups in total. The molecule has 4 rings (SSSR count). The van der Waals surface area contributed by atoms with Crippen LogP contribution >= 0.6 is 0 Å². The maximum absolute atomic E-state index is 12.8. The van der Waals surface area contributed by atoms with Gasteiger partial charge in [0, 0.05) is 19.3 Å². The molecule has 0 aliphatic heterocycles. The Labute approximate surface area is 313 Å². The number of fused-ring (bicyclic) bond motifs is 5. The Hall–Kier alpha value is -1.91. The van der Waals surface area contributed by atoms with Crippen LogP contribution in [0.1, 0.15) is 196 Å². The first kappa shape index (κ1) is 41.8. The Morgan fingerprint density at radius 3 is 2.41 bits per heavy atom. The van der Waals surface area contributed by atoms with Crippen LogP contribution in [0.4, 0.5) is 0 Å². The maximum Gasteiger partial charge on any atom is 0.306 e. The molecule has 0 aromatic rings. The smallest absolute Gasteiger partial charge is 0.306 e. The molecule has 8 atom stereocenters. The molecule has 3 saturated carbocycles.